The number of carbonyl (C=O) groups excluding carboxylic acids is 1. The molecule has 1 atom stereocenters. The zero-order valence-corrected chi connectivity index (χ0v) is 13.2. The van der Waals surface area contributed by atoms with Gasteiger partial charge in [0, 0.05) is 32.2 Å². The van der Waals surface area contributed by atoms with E-state index in [0.29, 0.717) is 6.04 Å². The first kappa shape index (κ1) is 18.0. The highest BCUT2D eigenvalue weighted by molar-refractivity contribution is 7.98. The van der Waals surface area contributed by atoms with E-state index >= 15 is 0 Å². The van der Waals surface area contributed by atoms with Gasteiger partial charge in [-0.25, -0.2) is 0 Å². The van der Waals surface area contributed by atoms with E-state index in [9.17, 15) is 4.79 Å². The van der Waals surface area contributed by atoms with E-state index < -0.39 is 0 Å². The van der Waals surface area contributed by atoms with Crippen LogP contribution >= 0.6 is 24.2 Å². The van der Waals surface area contributed by atoms with Gasteiger partial charge in [0.1, 0.15) is 0 Å². The molecule has 1 amide bonds. The van der Waals surface area contributed by atoms with Gasteiger partial charge >= 0.3 is 0 Å². The molecular formula is C12H26ClN3OS. The fraction of sp³-hybridized carbons (Fsp3) is 0.917. The summed E-state index contributed by atoms with van der Waals surface area (Å²) in [5, 5.41) is 0. The lowest BCUT2D eigenvalue weighted by molar-refractivity contribution is -0.134. The molecule has 0 aromatic carbocycles. The Kier molecular flexibility index (Phi) is 9.03. The molecule has 1 aliphatic heterocycles. The Balaban J connectivity index is 0.00000289. The van der Waals surface area contributed by atoms with Gasteiger partial charge in [-0.15, -0.1) is 12.4 Å². The van der Waals surface area contributed by atoms with Gasteiger partial charge in [-0.3, -0.25) is 9.69 Å². The fourth-order valence-corrected chi connectivity index (χ4v) is 2.55. The second-order valence-corrected chi connectivity index (χ2v) is 5.83. The minimum absolute atomic E-state index is 0. The molecule has 2 N–H and O–H groups in total. The Morgan fingerprint density at radius 2 is 1.83 bits per heavy atom. The number of amides is 1. The van der Waals surface area contributed by atoms with Crippen molar-refractivity contribution >= 4 is 30.1 Å². The molecule has 1 saturated heterocycles. The van der Waals surface area contributed by atoms with Crippen LogP contribution in [0.1, 0.15) is 20.3 Å². The van der Waals surface area contributed by atoms with Gasteiger partial charge in [0.2, 0.25) is 5.91 Å². The number of hydrogen-bond donors (Lipinski definition) is 1. The molecule has 0 unspecified atom stereocenters. The van der Waals surface area contributed by atoms with Crippen LogP contribution in [-0.4, -0.2) is 66.0 Å². The standard InChI is InChI=1S/C12H25N3OS.ClH/c1-10(2)14-5-7-15(8-6-14)12(16)11(13)4-9-17-3;/h10-11H,4-9,13H2,1-3H3;1H/t11-;/m0./s1. The van der Waals surface area contributed by atoms with E-state index in [1.807, 2.05) is 11.2 Å². The summed E-state index contributed by atoms with van der Waals surface area (Å²) in [6.07, 6.45) is 2.82. The summed E-state index contributed by atoms with van der Waals surface area (Å²) in [5.74, 6) is 1.08. The van der Waals surface area contributed by atoms with Gasteiger partial charge in [-0.1, -0.05) is 0 Å². The van der Waals surface area contributed by atoms with Crippen LogP contribution in [0.5, 0.6) is 0 Å². The average molecular weight is 296 g/mol. The van der Waals surface area contributed by atoms with Crippen LogP contribution in [0.2, 0.25) is 0 Å². The van der Waals surface area contributed by atoms with Crippen molar-refractivity contribution in [3.8, 4) is 0 Å². The smallest absolute Gasteiger partial charge is 0.239 e. The highest BCUT2D eigenvalue weighted by Gasteiger charge is 2.25. The van der Waals surface area contributed by atoms with Gasteiger partial charge in [-0.05, 0) is 32.3 Å². The number of rotatable bonds is 5. The lowest BCUT2D eigenvalue weighted by atomic mass is 10.2. The molecule has 18 heavy (non-hydrogen) atoms. The van der Waals surface area contributed by atoms with Gasteiger partial charge in [0.25, 0.3) is 0 Å². The van der Waals surface area contributed by atoms with Crippen LogP contribution in [-0.2, 0) is 4.79 Å². The first-order chi connectivity index (χ1) is 8.06. The molecule has 1 aliphatic rings. The second kappa shape index (κ2) is 9.02. The summed E-state index contributed by atoms with van der Waals surface area (Å²) in [6, 6.07) is 0.255. The van der Waals surface area contributed by atoms with E-state index in [-0.39, 0.29) is 24.4 Å². The summed E-state index contributed by atoms with van der Waals surface area (Å²) in [4.78, 5) is 16.4. The molecule has 1 heterocycles. The van der Waals surface area contributed by atoms with Crippen molar-refractivity contribution in [3.63, 3.8) is 0 Å². The van der Waals surface area contributed by atoms with Crippen LogP contribution in [0.4, 0.5) is 0 Å². The van der Waals surface area contributed by atoms with E-state index in [0.717, 1.165) is 38.4 Å². The van der Waals surface area contributed by atoms with Crippen molar-refractivity contribution in [1.29, 1.82) is 0 Å². The Morgan fingerprint density at radius 1 is 1.28 bits per heavy atom. The number of carbonyl (C=O) groups is 1. The van der Waals surface area contributed by atoms with Gasteiger partial charge in [0.05, 0.1) is 6.04 Å². The third-order valence-corrected chi connectivity index (χ3v) is 3.95. The molecule has 1 fully saturated rings. The van der Waals surface area contributed by atoms with Gasteiger partial charge < -0.3 is 10.6 Å². The average Bonchev–Trinajstić information content (AvgIpc) is 2.35. The first-order valence-electron chi connectivity index (χ1n) is 6.33. The third-order valence-electron chi connectivity index (χ3n) is 3.31. The summed E-state index contributed by atoms with van der Waals surface area (Å²) in [6.45, 7) is 7.98. The largest absolute Gasteiger partial charge is 0.339 e. The van der Waals surface area contributed by atoms with Gasteiger partial charge in [0.15, 0.2) is 0 Å². The fourth-order valence-electron chi connectivity index (χ4n) is 2.06. The van der Waals surface area contributed by atoms with Crippen LogP contribution < -0.4 is 5.73 Å². The zero-order chi connectivity index (χ0) is 12.8. The van der Waals surface area contributed by atoms with Crippen LogP contribution in [0, 0.1) is 0 Å². The minimum atomic E-state index is -0.312. The molecule has 0 saturated carbocycles. The third kappa shape index (κ3) is 5.34. The molecule has 0 aliphatic carbocycles. The number of thioether (sulfide) groups is 1. The minimum Gasteiger partial charge on any atom is -0.339 e. The predicted octanol–water partition coefficient (Wildman–Crippen LogP) is 1.04. The molecule has 108 valence electrons. The lowest BCUT2D eigenvalue weighted by Gasteiger charge is -2.37. The van der Waals surface area contributed by atoms with Crippen LogP contribution in [0.15, 0.2) is 0 Å². The van der Waals surface area contributed by atoms with Crippen molar-refractivity contribution in [2.24, 2.45) is 5.73 Å². The molecular weight excluding hydrogens is 270 g/mol. The molecule has 0 spiro atoms. The molecule has 6 heteroatoms. The normalized spacial score (nSPS) is 18.6. The summed E-state index contributed by atoms with van der Waals surface area (Å²) < 4.78 is 0. The SMILES string of the molecule is CSCC[C@H](N)C(=O)N1CCN(C(C)C)CC1.Cl. The van der Waals surface area contributed by atoms with E-state index in [1.165, 1.54) is 0 Å². The van der Waals surface area contributed by atoms with Crippen molar-refractivity contribution in [2.75, 3.05) is 38.2 Å². The van der Waals surface area contributed by atoms with Crippen molar-refractivity contribution < 1.29 is 4.79 Å². The van der Waals surface area contributed by atoms with Crippen molar-refractivity contribution in [2.45, 2.75) is 32.4 Å². The van der Waals surface area contributed by atoms with Gasteiger partial charge in [-0.2, -0.15) is 11.8 Å². The van der Waals surface area contributed by atoms with E-state index in [1.54, 1.807) is 11.8 Å². The summed E-state index contributed by atoms with van der Waals surface area (Å²) >= 11 is 1.74. The molecule has 0 radical (unpaired) electrons. The molecule has 0 bridgehead atoms. The molecule has 4 nitrogen and oxygen atoms in total. The quantitative estimate of drug-likeness (QED) is 0.823. The predicted molar refractivity (Wildman–Crippen MR) is 81.5 cm³/mol. The Morgan fingerprint density at radius 3 is 2.28 bits per heavy atom. The topological polar surface area (TPSA) is 49.6 Å². The maximum Gasteiger partial charge on any atom is 0.239 e. The Labute approximate surface area is 121 Å². The maximum atomic E-state index is 12.1. The lowest BCUT2D eigenvalue weighted by Crippen LogP contribution is -2.54. The maximum absolute atomic E-state index is 12.1. The first-order valence-corrected chi connectivity index (χ1v) is 7.73. The second-order valence-electron chi connectivity index (χ2n) is 4.84. The number of nitrogens with zero attached hydrogens (tertiary/aromatic N) is 2. The Bertz CT molecular complexity index is 245. The Hall–Kier alpha value is 0.0300. The molecule has 0 aromatic heterocycles. The monoisotopic (exact) mass is 295 g/mol. The van der Waals surface area contributed by atoms with E-state index in [2.05, 4.69) is 18.7 Å². The highest BCUT2D eigenvalue weighted by Crippen LogP contribution is 2.08. The van der Waals surface area contributed by atoms with Crippen LogP contribution in [0.3, 0.4) is 0 Å². The van der Waals surface area contributed by atoms with Crippen molar-refractivity contribution in [3.05, 3.63) is 0 Å². The number of nitrogens with two attached hydrogens (primary N) is 1. The number of hydrogen-bond acceptors (Lipinski definition) is 4. The highest BCUT2D eigenvalue weighted by atomic mass is 35.5. The van der Waals surface area contributed by atoms with Crippen molar-refractivity contribution in [1.82, 2.24) is 9.80 Å². The molecule has 1 rings (SSSR count). The molecule has 0 aromatic rings. The zero-order valence-electron chi connectivity index (χ0n) is 11.6. The van der Waals surface area contributed by atoms with Crippen LogP contribution in [0.25, 0.3) is 0 Å². The number of piperazine rings is 1. The summed E-state index contributed by atoms with van der Waals surface area (Å²) in [7, 11) is 0. The number of halogens is 1. The summed E-state index contributed by atoms with van der Waals surface area (Å²) in [5.41, 5.74) is 5.91. The van der Waals surface area contributed by atoms with E-state index in [4.69, 9.17) is 5.73 Å².